The number of hydrogen-bond acceptors (Lipinski definition) is 2. The molecule has 0 bridgehead atoms. The molecule has 1 aromatic rings. The summed E-state index contributed by atoms with van der Waals surface area (Å²) in [4.78, 5) is 0. The van der Waals surface area contributed by atoms with Crippen molar-refractivity contribution in [1.29, 1.82) is 0 Å². The van der Waals surface area contributed by atoms with E-state index in [2.05, 4.69) is 0 Å². The molecule has 6 heteroatoms. The van der Waals surface area contributed by atoms with Crippen LogP contribution in [-0.2, 0) is 5.60 Å². The summed E-state index contributed by atoms with van der Waals surface area (Å²) in [6.45, 7) is 0.653. The molecule has 1 N–H and O–H groups in total. The van der Waals surface area contributed by atoms with Crippen LogP contribution in [0.5, 0.6) is 5.75 Å². The van der Waals surface area contributed by atoms with Gasteiger partial charge in [-0.15, -0.1) is 0 Å². The summed E-state index contributed by atoms with van der Waals surface area (Å²) < 4.78 is 42.4. The van der Waals surface area contributed by atoms with Crippen molar-refractivity contribution in [3.8, 4) is 5.75 Å². The van der Waals surface area contributed by atoms with Gasteiger partial charge in [0.15, 0.2) is 5.60 Å². The molecule has 1 unspecified atom stereocenters. The van der Waals surface area contributed by atoms with Gasteiger partial charge in [-0.25, -0.2) is 0 Å². The van der Waals surface area contributed by atoms with Gasteiger partial charge in [-0.3, -0.25) is 0 Å². The summed E-state index contributed by atoms with van der Waals surface area (Å²) in [6.07, 6.45) is -4.79. The second-order valence-corrected chi connectivity index (χ2v) is 3.82. The molecule has 0 amide bonds. The summed E-state index contributed by atoms with van der Waals surface area (Å²) in [5.74, 6) is 0.326. The minimum atomic E-state index is -4.79. The average molecular weight is 255 g/mol. The van der Waals surface area contributed by atoms with Crippen LogP contribution in [0, 0.1) is 0 Å². The van der Waals surface area contributed by atoms with Crippen LogP contribution in [0.1, 0.15) is 12.5 Å². The summed E-state index contributed by atoms with van der Waals surface area (Å²) in [5, 5.41) is 9.22. The summed E-state index contributed by atoms with van der Waals surface area (Å²) >= 11 is 5.66. The Labute approximate surface area is 95.6 Å². The van der Waals surface area contributed by atoms with E-state index in [0.29, 0.717) is 12.7 Å². The normalized spacial score (nSPS) is 15.7. The summed E-state index contributed by atoms with van der Waals surface area (Å²) in [6, 6.07) is 3.62. The molecular weight excluding hydrogens is 245 g/mol. The molecule has 1 rings (SSSR count). The molecule has 0 heterocycles. The van der Waals surface area contributed by atoms with E-state index in [1.807, 2.05) is 0 Å². The lowest BCUT2D eigenvalue weighted by molar-refractivity contribution is -0.258. The van der Waals surface area contributed by atoms with Crippen LogP contribution < -0.4 is 4.74 Å². The Balaban J connectivity index is 3.24. The molecule has 0 saturated heterocycles. The van der Waals surface area contributed by atoms with Gasteiger partial charge in [-0.1, -0.05) is 17.7 Å². The van der Waals surface area contributed by atoms with Gasteiger partial charge in [-0.2, -0.15) is 13.2 Å². The fraction of sp³-hybridized carbons (Fsp3) is 0.400. The van der Waals surface area contributed by atoms with Crippen LogP contribution in [0.15, 0.2) is 18.2 Å². The predicted molar refractivity (Wildman–Crippen MR) is 53.6 cm³/mol. The van der Waals surface area contributed by atoms with E-state index < -0.39 is 17.3 Å². The smallest absolute Gasteiger partial charge is 0.421 e. The number of methoxy groups -OCH3 is 1. The predicted octanol–water partition coefficient (Wildman–Crippen LogP) is 3.12. The first-order valence-electron chi connectivity index (χ1n) is 4.33. The maximum Gasteiger partial charge on any atom is 0.421 e. The molecule has 16 heavy (non-hydrogen) atoms. The fourth-order valence-electron chi connectivity index (χ4n) is 1.17. The lowest BCUT2D eigenvalue weighted by atomic mass is 9.95. The molecule has 1 aromatic carbocycles. The van der Waals surface area contributed by atoms with Crippen LogP contribution in [0.3, 0.4) is 0 Å². The Morgan fingerprint density at radius 2 is 1.88 bits per heavy atom. The highest BCUT2D eigenvalue weighted by molar-refractivity contribution is 6.31. The van der Waals surface area contributed by atoms with Crippen molar-refractivity contribution in [3.05, 3.63) is 28.8 Å². The molecule has 0 aliphatic heterocycles. The second kappa shape index (κ2) is 4.14. The quantitative estimate of drug-likeness (QED) is 0.879. The number of rotatable bonds is 2. The number of alkyl halides is 3. The zero-order chi connectivity index (χ0) is 12.6. The minimum Gasteiger partial charge on any atom is -0.497 e. The largest absolute Gasteiger partial charge is 0.497 e. The zero-order valence-electron chi connectivity index (χ0n) is 8.60. The van der Waals surface area contributed by atoms with Crippen molar-refractivity contribution in [2.75, 3.05) is 7.11 Å². The van der Waals surface area contributed by atoms with Crippen LogP contribution in [0.25, 0.3) is 0 Å². The number of hydrogen-bond donors (Lipinski definition) is 1. The average Bonchev–Trinajstić information content (AvgIpc) is 2.15. The molecular formula is C10H10ClF3O2. The maximum absolute atomic E-state index is 12.5. The summed E-state index contributed by atoms with van der Waals surface area (Å²) in [5.41, 5.74) is -3.38. The first-order chi connectivity index (χ1) is 7.20. The molecule has 0 radical (unpaired) electrons. The molecule has 0 aromatic heterocycles. The molecule has 0 spiro atoms. The zero-order valence-corrected chi connectivity index (χ0v) is 9.36. The Bertz CT molecular complexity index is 388. The van der Waals surface area contributed by atoms with Gasteiger partial charge in [-0.05, 0) is 19.1 Å². The third-order valence-electron chi connectivity index (χ3n) is 2.25. The van der Waals surface area contributed by atoms with E-state index in [-0.39, 0.29) is 5.02 Å². The van der Waals surface area contributed by atoms with E-state index in [1.165, 1.54) is 19.2 Å². The molecule has 0 aliphatic carbocycles. The highest BCUT2D eigenvalue weighted by Crippen LogP contribution is 2.42. The molecule has 90 valence electrons. The van der Waals surface area contributed by atoms with E-state index in [9.17, 15) is 18.3 Å². The summed E-state index contributed by atoms with van der Waals surface area (Å²) in [7, 11) is 1.37. The van der Waals surface area contributed by atoms with Crippen molar-refractivity contribution in [2.24, 2.45) is 0 Å². The van der Waals surface area contributed by atoms with Crippen molar-refractivity contribution in [3.63, 3.8) is 0 Å². The lowest BCUT2D eigenvalue weighted by Gasteiger charge is -2.27. The third kappa shape index (κ3) is 2.25. The standard InChI is InChI=1S/C10H10ClF3O2/c1-9(15,10(12,13)14)7-4-3-6(16-2)5-8(7)11/h3-5,15H,1-2H3. The third-order valence-corrected chi connectivity index (χ3v) is 2.57. The van der Waals surface area contributed by atoms with E-state index in [1.54, 1.807) is 0 Å². The van der Waals surface area contributed by atoms with Gasteiger partial charge in [0, 0.05) is 5.56 Å². The highest BCUT2D eigenvalue weighted by Gasteiger charge is 2.52. The Kier molecular flexibility index (Phi) is 3.40. The fourth-order valence-corrected chi connectivity index (χ4v) is 1.52. The van der Waals surface area contributed by atoms with Gasteiger partial charge in [0.25, 0.3) is 0 Å². The highest BCUT2D eigenvalue weighted by atomic mass is 35.5. The van der Waals surface area contributed by atoms with E-state index in [0.717, 1.165) is 6.07 Å². The van der Waals surface area contributed by atoms with Crippen molar-refractivity contribution >= 4 is 11.6 Å². The molecule has 2 nitrogen and oxygen atoms in total. The molecule has 0 saturated carbocycles. The molecule has 0 fully saturated rings. The van der Waals surface area contributed by atoms with Crippen molar-refractivity contribution < 1.29 is 23.0 Å². The van der Waals surface area contributed by atoms with E-state index in [4.69, 9.17) is 16.3 Å². The number of aliphatic hydroxyl groups is 1. The van der Waals surface area contributed by atoms with Crippen LogP contribution in [0.2, 0.25) is 5.02 Å². The van der Waals surface area contributed by atoms with Gasteiger partial charge >= 0.3 is 6.18 Å². The SMILES string of the molecule is COc1ccc(C(C)(O)C(F)(F)F)c(Cl)c1. The first-order valence-corrected chi connectivity index (χ1v) is 4.71. The molecule has 0 aliphatic rings. The van der Waals surface area contributed by atoms with Gasteiger partial charge in [0.05, 0.1) is 12.1 Å². The second-order valence-electron chi connectivity index (χ2n) is 3.42. The monoisotopic (exact) mass is 254 g/mol. The van der Waals surface area contributed by atoms with E-state index >= 15 is 0 Å². The van der Waals surface area contributed by atoms with Crippen LogP contribution >= 0.6 is 11.6 Å². The van der Waals surface area contributed by atoms with Crippen LogP contribution in [-0.4, -0.2) is 18.4 Å². The van der Waals surface area contributed by atoms with Gasteiger partial charge in [0.1, 0.15) is 5.75 Å². The Morgan fingerprint density at radius 1 is 1.31 bits per heavy atom. The number of ether oxygens (including phenoxy) is 1. The Hall–Kier alpha value is -0.940. The molecule has 1 atom stereocenters. The number of halogens is 4. The Morgan fingerprint density at radius 3 is 2.25 bits per heavy atom. The first kappa shape index (κ1) is 13.1. The van der Waals surface area contributed by atoms with Gasteiger partial charge < -0.3 is 9.84 Å². The van der Waals surface area contributed by atoms with Crippen molar-refractivity contribution in [2.45, 2.75) is 18.7 Å². The maximum atomic E-state index is 12.5. The van der Waals surface area contributed by atoms with Gasteiger partial charge in [0.2, 0.25) is 0 Å². The number of benzene rings is 1. The van der Waals surface area contributed by atoms with Crippen LogP contribution in [0.4, 0.5) is 13.2 Å². The van der Waals surface area contributed by atoms with Crippen molar-refractivity contribution in [1.82, 2.24) is 0 Å². The lowest BCUT2D eigenvalue weighted by Crippen LogP contribution is -2.39. The minimum absolute atomic E-state index is 0.193. The topological polar surface area (TPSA) is 29.5 Å².